The Balaban J connectivity index is 1.86. The molecule has 130 valence electrons. The van der Waals surface area contributed by atoms with Gasteiger partial charge in [-0.05, 0) is 24.3 Å². The smallest absolute Gasteiger partial charge is 0.259 e. The summed E-state index contributed by atoms with van der Waals surface area (Å²) in [5, 5.41) is 9.93. The summed E-state index contributed by atoms with van der Waals surface area (Å²) in [6.45, 7) is 0.741. The van der Waals surface area contributed by atoms with Gasteiger partial charge in [0.15, 0.2) is 11.6 Å². The van der Waals surface area contributed by atoms with E-state index in [1.807, 2.05) is 35.0 Å². The van der Waals surface area contributed by atoms with Crippen molar-refractivity contribution in [2.75, 3.05) is 6.61 Å². The molecule has 3 rings (SSSR count). The fourth-order valence-electron chi connectivity index (χ4n) is 2.70. The third kappa shape index (κ3) is 3.57. The van der Waals surface area contributed by atoms with Crippen LogP contribution in [0.4, 0.5) is 4.39 Å². The number of aromatic nitrogens is 1. The zero-order valence-corrected chi connectivity index (χ0v) is 13.9. The van der Waals surface area contributed by atoms with Crippen LogP contribution in [0.15, 0.2) is 60.3 Å². The molecule has 3 aromatic rings. The second-order valence-electron chi connectivity index (χ2n) is 5.61. The molecule has 1 aromatic heterocycles. The fraction of sp³-hybridized carbons (Fsp3) is 0.100. The maximum absolute atomic E-state index is 13.6. The Morgan fingerprint density at radius 2 is 1.96 bits per heavy atom. The van der Waals surface area contributed by atoms with Crippen molar-refractivity contribution in [3.8, 4) is 11.8 Å². The van der Waals surface area contributed by atoms with Crippen LogP contribution >= 0.6 is 0 Å². The topological polar surface area (TPSA) is 81.0 Å². The van der Waals surface area contributed by atoms with Gasteiger partial charge in [0, 0.05) is 22.7 Å². The highest BCUT2D eigenvalue weighted by Crippen LogP contribution is 2.24. The van der Waals surface area contributed by atoms with Gasteiger partial charge in [0.1, 0.15) is 18.2 Å². The van der Waals surface area contributed by atoms with Crippen molar-refractivity contribution in [3.05, 3.63) is 71.7 Å². The van der Waals surface area contributed by atoms with E-state index in [0.717, 1.165) is 10.9 Å². The number of amides is 1. The molecule has 0 radical (unpaired) electrons. The predicted molar refractivity (Wildman–Crippen MR) is 96.6 cm³/mol. The first kappa shape index (κ1) is 17.2. The number of benzene rings is 2. The van der Waals surface area contributed by atoms with Crippen LogP contribution in [0.3, 0.4) is 0 Å². The van der Waals surface area contributed by atoms with Gasteiger partial charge in [0.05, 0.1) is 6.54 Å². The summed E-state index contributed by atoms with van der Waals surface area (Å²) < 4.78 is 21.0. The maximum atomic E-state index is 13.6. The third-order valence-corrected chi connectivity index (χ3v) is 3.93. The molecule has 0 unspecified atom stereocenters. The van der Waals surface area contributed by atoms with Crippen LogP contribution < -0.4 is 10.5 Å². The molecule has 5 nitrogen and oxygen atoms in total. The van der Waals surface area contributed by atoms with E-state index in [1.165, 1.54) is 12.1 Å². The molecule has 0 fully saturated rings. The molecule has 6 heteroatoms. The lowest BCUT2D eigenvalue weighted by Gasteiger charge is -2.08. The van der Waals surface area contributed by atoms with Crippen molar-refractivity contribution in [1.29, 1.82) is 5.26 Å². The Morgan fingerprint density at radius 3 is 2.69 bits per heavy atom. The highest BCUT2D eigenvalue weighted by Gasteiger charge is 2.10. The quantitative estimate of drug-likeness (QED) is 0.548. The number of carbonyl (C=O) groups is 1. The molecule has 1 heterocycles. The van der Waals surface area contributed by atoms with Gasteiger partial charge in [-0.2, -0.15) is 5.26 Å². The average molecular weight is 349 g/mol. The number of ether oxygens (including phenoxy) is 1. The van der Waals surface area contributed by atoms with Gasteiger partial charge < -0.3 is 15.0 Å². The van der Waals surface area contributed by atoms with Gasteiger partial charge in [-0.15, -0.1) is 0 Å². The van der Waals surface area contributed by atoms with Crippen molar-refractivity contribution >= 4 is 22.9 Å². The first-order valence-corrected chi connectivity index (χ1v) is 7.97. The van der Waals surface area contributed by atoms with E-state index in [9.17, 15) is 9.18 Å². The summed E-state index contributed by atoms with van der Waals surface area (Å²) in [4.78, 5) is 11.3. The summed E-state index contributed by atoms with van der Waals surface area (Å²) in [6, 6.07) is 15.6. The number of nitrogens with two attached hydrogens (primary N) is 1. The van der Waals surface area contributed by atoms with Crippen LogP contribution in [-0.4, -0.2) is 17.1 Å². The molecule has 1 amide bonds. The molecule has 0 aliphatic rings. The number of rotatable bonds is 6. The van der Waals surface area contributed by atoms with Gasteiger partial charge >= 0.3 is 0 Å². The van der Waals surface area contributed by atoms with E-state index in [4.69, 9.17) is 15.7 Å². The number of halogens is 1. The minimum atomic E-state index is -0.771. The molecule has 2 aromatic carbocycles. The van der Waals surface area contributed by atoms with Crippen LogP contribution in [0.1, 0.15) is 5.56 Å². The third-order valence-electron chi connectivity index (χ3n) is 3.93. The lowest BCUT2D eigenvalue weighted by molar-refractivity contribution is -0.114. The Kier molecular flexibility index (Phi) is 4.99. The first-order chi connectivity index (χ1) is 12.6. The average Bonchev–Trinajstić information content (AvgIpc) is 2.99. The van der Waals surface area contributed by atoms with E-state index in [-0.39, 0.29) is 17.9 Å². The van der Waals surface area contributed by atoms with Crippen molar-refractivity contribution in [1.82, 2.24) is 4.57 Å². The zero-order valence-electron chi connectivity index (χ0n) is 13.9. The van der Waals surface area contributed by atoms with Gasteiger partial charge in [0.25, 0.3) is 5.91 Å². The number of hydrogen-bond acceptors (Lipinski definition) is 3. The monoisotopic (exact) mass is 349 g/mol. The Hall–Kier alpha value is -3.59. The van der Waals surface area contributed by atoms with Crippen molar-refractivity contribution < 1.29 is 13.9 Å². The highest BCUT2D eigenvalue weighted by atomic mass is 19.1. The summed E-state index contributed by atoms with van der Waals surface area (Å²) >= 11 is 0. The number of para-hydroxylation sites is 2. The van der Waals surface area contributed by atoms with Gasteiger partial charge in [0.2, 0.25) is 0 Å². The largest absolute Gasteiger partial charge is 0.489 e. The number of primary amides is 1. The number of carbonyl (C=O) groups excluding carboxylic acids is 1. The summed E-state index contributed by atoms with van der Waals surface area (Å²) in [6.07, 6.45) is 3.29. The van der Waals surface area contributed by atoms with Crippen molar-refractivity contribution in [2.45, 2.75) is 6.54 Å². The molecule has 0 aliphatic heterocycles. The van der Waals surface area contributed by atoms with Gasteiger partial charge in [-0.1, -0.05) is 30.3 Å². The summed E-state index contributed by atoms with van der Waals surface area (Å²) in [7, 11) is 0. The van der Waals surface area contributed by atoms with Crippen LogP contribution in [0.5, 0.6) is 5.75 Å². The fourth-order valence-corrected chi connectivity index (χ4v) is 2.70. The summed E-state index contributed by atoms with van der Waals surface area (Å²) in [5.41, 5.74) is 6.72. The van der Waals surface area contributed by atoms with E-state index >= 15 is 0 Å². The van der Waals surface area contributed by atoms with Crippen molar-refractivity contribution in [3.63, 3.8) is 0 Å². The van der Waals surface area contributed by atoms with Gasteiger partial charge in [-0.3, -0.25) is 4.79 Å². The SMILES string of the molecule is N#CC(=Cc1cn(CCOc2ccccc2F)c2ccccc12)C(N)=O. The predicted octanol–water partition coefficient (Wildman–Crippen LogP) is 3.25. The van der Waals surface area contributed by atoms with E-state index in [1.54, 1.807) is 24.3 Å². The van der Waals surface area contributed by atoms with E-state index < -0.39 is 11.7 Å². The van der Waals surface area contributed by atoms with Gasteiger partial charge in [-0.25, -0.2) is 4.39 Å². The number of fused-ring (bicyclic) bond motifs is 1. The van der Waals surface area contributed by atoms with Crippen LogP contribution in [0.25, 0.3) is 17.0 Å². The summed E-state index contributed by atoms with van der Waals surface area (Å²) in [5.74, 6) is -0.981. The second kappa shape index (κ2) is 7.53. The number of nitrogens with zero attached hydrogens (tertiary/aromatic N) is 2. The minimum Gasteiger partial charge on any atom is -0.489 e. The van der Waals surface area contributed by atoms with E-state index in [2.05, 4.69) is 0 Å². The molecular formula is C20H16FN3O2. The molecule has 0 saturated carbocycles. The zero-order chi connectivity index (χ0) is 18.5. The van der Waals surface area contributed by atoms with E-state index in [0.29, 0.717) is 12.1 Å². The Bertz CT molecular complexity index is 1030. The van der Waals surface area contributed by atoms with Crippen LogP contribution in [0.2, 0.25) is 0 Å². The first-order valence-electron chi connectivity index (χ1n) is 7.97. The molecule has 0 spiro atoms. The molecular weight excluding hydrogens is 333 g/mol. The molecule has 0 aliphatic carbocycles. The second-order valence-corrected chi connectivity index (χ2v) is 5.61. The molecule has 0 atom stereocenters. The van der Waals surface area contributed by atoms with Crippen molar-refractivity contribution in [2.24, 2.45) is 5.73 Å². The highest BCUT2D eigenvalue weighted by molar-refractivity contribution is 6.03. The maximum Gasteiger partial charge on any atom is 0.259 e. The lowest BCUT2D eigenvalue weighted by atomic mass is 10.1. The van der Waals surface area contributed by atoms with Crippen LogP contribution in [-0.2, 0) is 11.3 Å². The Labute approximate surface area is 149 Å². The molecule has 26 heavy (non-hydrogen) atoms. The number of nitriles is 1. The minimum absolute atomic E-state index is 0.115. The lowest BCUT2D eigenvalue weighted by Crippen LogP contribution is -2.12. The molecule has 2 N–H and O–H groups in total. The standard InChI is InChI=1S/C20H16FN3O2/c21-17-6-2-4-8-19(17)26-10-9-24-13-15(11-14(12-22)20(23)25)16-5-1-3-7-18(16)24/h1-8,11,13H,9-10H2,(H2,23,25). The Morgan fingerprint density at radius 1 is 1.23 bits per heavy atom. The molecule has 0 saturated heterocycles. The normalized spacial score (nSPS) is 11.3. The molecule has 0 bridgehead atoms. The number of hydrogen-bond donors (Lipinski definition) is 1. The van der Waals surface area contributed by atoms with Crippen LogP contribution in [0, 0.1) is 17.1 Å².